The molecule has 0 atom stereocenters. The van der Waals surface area contributed by atoms with Crippen molar-refractivity contribution in [1.82, 2.24) is 9.97 Å². The van der Waals surface area contributed by atoms with Gasteiger partial charge < -0.3 is 9.32 Å². The number of carbonyl (C=O) groups is 1. The number of aryl methyl sites for hydroxylation is 1. The van der Waals surface area contributed by atoms with Gasteiger partial charge in [0.05, 0.1) is 5.69 Å². The van der Waals surface area contributed by atoms with Crippen LogP contribution in [0.3, 0.4) is 0 Å². The number of nitrogens with zero attached hydrogens (tertiary/aromatic N) is 3. The number of oxazole rings is 1. The molecule has 2 aromatic rings. The third-order valence-corrected chi connectivity index (χ3v) is 3.47. The molecule has 20 heavy (non-hydrogen) atoms. The molecule has 0 aromatic carbocycles. The maximum absolute atomic E-state index is 12.6. The smallest absolute Gasteiger partial charge is 0.295 e. The second-order valence-corrected chi connectivity index (χ2v) is 5.00. The van der Waals surface area contributed by atoms with Crippen LogP contribution in [0.15, 0.2) is 28.9 Å². The van der Waals surface area contributed by atoms with Crippen molar-refractivity contribution in [2.75, 3.05) is 11.4 Å². The molecule has 1 saturated carbocycles. The van der Waals surface area contributed by atoms with Gasteiger partial charge in [-0.3, -0.25) is 9.78 Å². The molecule has 3 rings (SSSR count). The van der Waals surface area contributed by atoms with Gasteiger partial charge in [0.15, 0.2) is 5.89 Å². The van der Waals surface area contributed by atoms with Crippen LogP contribution in [-0.4, -0.2) is 22.4 Å². The van der Waals surface area contributed by atoms with Gasteiger partial charge in [0.1, 0.15) is 0 Å². The first-order chi connectivity index (χ1) is 9.70. The van der Waals surface area contributed by atoms with Crippen molar-refractivity contribution < 1.29 is 9.21 Å². The van der Waals surface area contributed by atoms with Crippen LogP contribution >= 0.6 is 0 Å². The Morgan fingerprint density at radius 3 is 2.70 bits per heavy atom. The average Bonchev–Trinajstić information content (AvgIpc) is 3.24. The molecular formula is C15H17N3O2. The molecule has 1 amide bonds. The zero-order valence-corrected chi connectivity index (χ0v) is 11.7. The van der Waals surface area contributed by atoms with Gasteiger partial charge in [-0.05, 0) is 38.8 Å². The molecule has 0 N–H and O–H groups in total. The van der Waals surface area contributed by atoms with Gasteiger partial charge in [-0.15, -0.1) is 0 Å². The summed E-state index contributed by atoms with van der Waals surface area (Å²) in [7, 11) is 0. The highest BCUT2D eigenvalue weighted by Crippen LogP contribution is 2.40. The Bertz CT molecular complexity index is 617. The number of amides is 1. The van der Waals surface area contributed by atoms with Crippen molar-refractivity contribution in [1.29, 1.82) is 0 Å². The van der Waals surface area contributed by atoms with Crippen molar-refractivity contribution in [3.63, 3.8) is 0 Å². The summed E-state index contributed by atoms with van der Waals surface area (Å²) in [5, 5.41) is 0. The van der Waals surface area contributed by atoms with Crippen LogP contribution in [0.4, 0.5) is 5.69 Å². The van der Waals surface area contributed by atoms with Crippen LogP contribution in [-0.2, 0) is 0 Å². The molecule has 0 radical (unpaired) electrons. The highest BCUT2D eigenvalue weighted by molar-refractivity contribution is 6.04. The molecule has 0 aliphatic heterocycles. The summed E-state index contributed by atoms with van der Waals surface area (Å²) in [5.74, 6) is 1.32. The van der Waals surface area contributed by atoms with Crippen LogP contribution in [0.2, 0.25) is 0 Å². The lowest BCUT2D eigenvalue weighted by Crippen LogP contribution is -2.30. The van der Waals surface area contributed by atoms with Gasteiger partial charge >= 0.3 is 0 Å². The predicted octanol–water partition coefficient (Wildman–Crippen LogP) is 2.92. The molecule has 1 aliphatic rings. The molecule has 0 unspecified atom stereocenters. The number of hydrogen-bond donors (Lipinski definition) is 0. The van der Waals surface area contributed by atoms with Crippen molar-refractivity contribution in [3.05, 3.63) is 41.9 Å². The number of rotatable bonds is 4. The zero-order valence-electron chi connectivity index (χ0n) is 11.7. The first-order valence-electron chi connectivity index (χ1n) is 6.90. The van der Waals surface area contributed by atoms with E-state index in [-0.39, 0.29) is 5.91 Å². The van der Waals surface area contributed by atoms with E-state index >= 15 is 0 Å². The Balaban J connectivity index is 1.90. The van der Waals surface area contributed by atoms with Crippen molar-refractivity contribution >= 4 is 11.6 Å². The number of pyridine rings is 1. The Hall–Kier alpha value is -2.17. The molecule has 1 fully saturated rings. The minimum absolute atomic E-state index is 0.143. The normalized spacial score (nSPS) is 14.3. The molecule has 0 spiro atoms. The van der Waals surface area contributed by atoms with E-state index in [1.807, 2.05) is 26.0 Å². The molecule has 0 bridgehead atoms. The number of anilines is 1. The second kappa shape index (κ2) is 5.07. The van der Waals surface area contributed by atoms with Crippen LogP contribution < -0.4 is 4.90 Å². The van der Waals surface area contributed by atoms with Gasteiger partial charge in [0, 0.05) is 30.5 Å². The van der Waals surface area contributed by atoms with Gasteiger partial charge in [-0.2, -0.15) is 0 Å². The topological polar surface area (TPSA) is 59.2 Å². The summed E-state index contributed by atoms with van der Waals surface area (Å²) in [5.41, 5.74) is 1.49. The van der Waals surface area contributed by atoms with Crippen molar-refractivity contribution in [2.24, 2.45) is 0 Å². The quantitative estimate of drug-likeness (QED) is 0.857. The van der Waals surface area contributed by atoms with Crippen molar-refractivity contribution in [3.8, 4) is 0 Å². The first-order valence-corrected chi connectivity index (χ1v) is 6.90. The lowest BCUT2D eigenvalue weighted by Gasteiger charge is -2.19. The SMILES string of the molecule is CCN(C(=O)c1oc(C2CC2)nc1C)c1ccncc1. The minimum Gasteiger partial charge on any atom is -0.435 e. The number of aromatic nitrogens is 2. The maximum Gasteiger partial charge on any atom is 0.295 e. The second-order valence-electron chi connectivity index (χ2n) is 5.00. The Labute approximate surface area is 117 Å². The Kier molecular flexibility index (Phi) is 3.26. The number of carbonyl (C=O) groups excluding carboxylic acids is 1. The summed E-state index contributed by atoms with van der Waals surface area (Å²) in [4.78, 5) is 22.6. The molecule has 2 heterocycles. The van der Waals surface area contributed by atoms with E-state index in [2.05, 4.69) is 9.97 Å². The van der Waals surface area contributed by atoms with Gasteiger partial charge in [-0.1, -0.05) is 0 Å². The van der Waals surface area contributed by atoms with Gasteiger partial charge in [-0.25, -0.2) is 4.98 Å². The Morgan fingerprint density at radius 1 is 1.40 bits per heavy atom. The molecule has 5 heteroatoms. The van der Waals surface area contributed by atoms with Crippen LogP contribution in [0.5, 0.6) is 0 Å². The molecule has 2 aromatic heterocycles. The summed E-state index contributed by atoms with van der Waals surface area (Å²) in [6, 6.07) is 3.63. The van der Waals surface area contributed by atoms with E-state index in [9.17, 15) is 4.79 Å². The lowest BCUT2D eigenvalue weighted by molar-refractivity contribution is 0.0959. The summed E-state index contributed by atoms with van der Waals surface area (Å²) >= 11 is 0. The fraction of sp³-hybridized carbons (Fsp3) is 0.400. The summed E-state index contributed by atoms with van der Waals surface area (Å²) in [6.45, 7) is 4.33. The molecule has 104 valence electrons. The average molecular weight is 271 g/mol. The van der Waals surface area contributed by atoms with E-state index in [1.165, 1.54) is 0 Å². The highest BCUT2D eigenvalue weighted by atomic mass is 16.4. The van der Waals surface area contributed by atoms with Gasteiger partial charge in [0.2, 0.25) is 5.76 Å². The van der Waals surface area contributed by atoms with E-state index in [1.54, 1.807) is 17.3 Å². The highest BCUT2D eigenvalue weighted by Gasteiger charge is 2.32. The van der Waals surface area contributed by atoms with Gasteiger partial charge in [0.25, 0.3) is 5.91 Å². The monoisotopic (exact) mass is 271 g/mol. The third-order valence-electron chi connectivity index (χ3n) is 3.47. The van der Waals surface area contributed by atoms with Crippen LogP contribution in [0, 0.1) is 6.92 Å². The standard InChI is InChI=1S/C15H17N3O2/c1-3-18(12-6-8-16-9-7-12)15(19)13-10(2)17-14(20-13)11-4-5-11/h6-9,11H,3-5H2,1-2H3. The fourth-order valence-corrected chi connectivity index (χ4v) is 2.21. The molecular weight excluding hydrogens is 254 g/mol. The molecule has 1 aliphatic carbocycles. The zero-order chi connectivity index (χ0) is 14.1. The Morgan fingerprint density at radius 2 is 2.10 bits per heavy atom. The van der Waals surface area contributed by atoms with Crippen LogP contribution in [0.1, 0.15) is 47.8 Å². The molecule has 5 nitrogen and oxygen atoms in total. The summed E-state index contributed by atoms with van der Waals surface area (Å²) in [6.07, 6.45) is 5.56. The van der Waals surface area contributed by atoms with E-state index < -0.39 is 0 Å². The molecule has 0 saturated heterocycles. The van der Waals surface area contributed by atoms with E-state index in [4.69, 9.17) is 4.42 Å². The third kappa shape index (κ3) is 2.31. The fourth-order valence-electron chi connectivity index (χ4n) is 2.21. The van der Waals surface area contributed by atoms with Crippen LogP contribution in [0.25, 0.3) is 0 Å². The minimum atomic E-state index is -0.143. The van der Waals surface area contributed by atoms with E-state index in [0.717, 1.165) is 18.5 Å². The van der Waals surface area contributed by atoms with Crippen molar-refractivity contribution in [2.45, 2.75) is 32.6 Å². The first kappa shape index (κ1) is 12.8. The number of hydrogen-bond acceptors (Lipinski definition) is 4. The predicted molar refractivity (Wildman–Crippen MR) is 74.8 cm³/mol. The largest absolute Gasteiger partial charge is 0.435 e. The lowest BCUT2D eigenvalue weighted by atomic mass is 10.3. The summed E-state index contributed by atoms with van der Waals surface area (Å²) < 4.78 is 5.69. The maximum atomic E-state index is 12.6. The van der Waals surface area contributed by atoms with E-state index in [0.29, 0.717) is 29.8 Å².